The van der Waals surface area contributed by atoms with Crippen molar-refractivity contribution < 1.29 is 18.6 Å². The summed E-state index contributed by atoms with van der Waals surface area (Å²) >= 11 is 0. The molecular weight excluding hydrogens is 336 g/mol. The summed E-state index contributed by atoms with van der Waals surface area (Å²) in [5.41, 5.74) is 2.43. The van der Waals surface area contributed by atoms with Crippen LogP contribution in [0, 0.1) is 0 Å². The number of hydrogen-bond donors (Lipinski definition) is 2. The second-order valence-corrected chi connectivity index (χ2v) is 7.98. The predicted octanol–water partition coefficient (Wildman–Crippen LogP) is 4.18. The Labute approximate surface area is 150 Å². The maximum atomic E-state index is 13.4. The van der Waals surface area contributed by atoms with Crippen LogP contribution < -0.4 is 0 Å². The molecule has 4 nitrogen and oxygen atoms in total. The molecule has 2 aromatic rings. The van der Waals surface area contributed by atoms with E-state index < -0.39 is 9.84 Å². The molecule has 25 heavy (non-hydrogen) atoms. The van der Waals surface area contributed by atoms with Gasteiger partial charge >= 0.3 is 0 Å². The summed E-state index contributed by atoms with van der Waals surface area (Å²) in [6.07, 6.45) is 2.11. The summed E-state index contributed by atoms with van der Waals surface area (Å²) in [6, 6.07) is 6.28. The van der Waals surface area contributed by atoms with E-state index in [2.05, 4.69) is 0 Å². The highest BCUT2D eigenvalue weighted by atomic mass is 32.2. The molecule has 5 heteroatoms. The van der Waals surface area contributed by atoms with Crippen LogP contribution in [0.4, 0.5) is 0 Å². The minimum absolute atomic E-state index is 0.133. The third-order valence-corrected chi connectivity index (χ3v) is 6.54. The summed E-state index contributed by atoms with van der Waals surface area (Å²) in [4.78, 5) is 0.485. The fourth-order valence-electron chi connectivity index (χ4n) is 3.05. The predicted molar refractivity (Wildman–Crippen MR) is 99.2 cm³/mol. The fraction of sp³-hybridized carbons (Fsp3) is 0.400. The molecule has 0 radical (unpaired) electrons. The number of aryl methyl sites for hydroxylation is 4. The molecular formula is C20H26O4S. The smallest absolute Gasteiger partial charge is 0.207 e. The van der Waals surface area contributed by atoms with Gasteiger partial charge in [0.15, 0.2) is 0 Å². The molecule has 0 aromatic heterocycles. The van der Waals surface area contributed by atoms with Gasteiger partial charge in [-0.3, -0.25) is 0 Å². The van der Waals surface area contributed by atoms with Crippen LogP contribution in [0.5, 0.6) is 11.5 Å². The Morgan fingerprint density at radius 1 is 0.640 bits per heavy atom. The van der Waals surface area contributed by atoms with Gasteiger partial charge in [-0.2, -0.15) is 0 Å². The molecule has 2 N–H and O–H groups in total. The number of phenols is 2. The van der Waals surface area contributed by atoms with Gasteiger partial charge in [0.1, 0.15) is 11.5 Å². The molecule has 0 atom stereocenters. The van der Waals surface area contributed by atoms with Gasteiger partial charge in [-0.25, -0.2) is 8.42 Å². The molecule has 0 aliphatic rings. The highest BCUT2D eigenvalue weighted by Crippen LogP contribution is 2.34. The Kier molecular flexibility index (Phi) is 5.78. The molecule has 0 saturated heterocycles. The van der Waals surface area contributed by atoms with Gasteiger partial charge in [0.2, 0.25) is 9.84 Å². The van der Waals surface area contributed by atoms with Crippen molar-refractivity contribution in [2.45, 2.75) is 63.2 Å². The van der Waals surface area contributed by atoms with Crippen LogP contribution in [0.1, 0.15) is 49.9 Å². The van der Waals surface area contributed by atoms with Gasteiger partial charge in [0, 0.05) is 0 Å². The van der Waals surface area contributed by atoms with Crippen molar-refractivity contribution in [3.8, 4) is 11.5 Å². The van der Waals surface area contributed by atoms with Gasteiger partial charge in [-0.1, -0.05) is 27.7 Å². The lowest BCUT2D eigenvalue weighted by molar-refractivity contribution is 0.467. The Balaban J connectivity index is 2.79. The number of benzene rings is 2. The van der Waals surface area contributed by atoms with Crippen molar-refractivity contribution in [3.63, 3.8) is 0 Å². The van der Waals surface area contributed by atoms with E-state index in [0.717, 1.165) is 0 Å². The van der Waals surface area contributed by atoms with Crippen LogP contribution in [0.25, 0.3) is 0 Å². The maximum absolute atomic E-state index is 13.4. The van der Waals surface area contributed by atoms with E-state index in [1.165, 1.54) is 0 Å². The lowest BCUT2D eigenvalue weighted by Gasteiger charge is -2.16. The van der Waals surface area contributed by atoms with Crippen molar-refractivity contribution in [3.05, 3.63) is 46.5 Å². The molecule has 0 unspecified atom stereocenters. The van der Waals surface area contributed by atoms with E-state index in [1.54, 1.807) is 24.3 Å². The Hall–Kier alpha value is -2.01. The van der Waals surface area contributed by atoms with Crippen LogP contribution in [0.3, 0.4) is 0 Å². The number of hydrogen-bond acceptors (Lipinski definition) is 4. The second kappa shape index (κ2) is 7.48. The lowest BCUT2D eigenvalue weighted by Crippen LogP contribution is -2.10. The van der Waals surface area contributed by atoms with Crippen LogP contribution in [-0.4, -0.2) is 18.6 Å². The summed E-state index contributed by atoms with van der Waals surface area (Å²) in [7, 11) is -3.75. The van der Waals surface area contributed by atoms with E-state index in [9.17, 15) is 18.6 Å². The zero-order valence-corrected chi connectivity index (χ0v) is 16.1. The van der Waals surface area contributed by atoms with Crippen LogP contribution >= 0.6 is 0 Å². The second-order valence-electron chi connectivity index (χ2n) is 6.09. The fourth-order valence-corrected chi connectivity index (χ4v) is 4.97. The molecule has 0 saturated carbocycles. The molecule has 0 bridgehead atoms. The highest BCUT2D eigenvalue weighted by Gasteiger charge is 2.26. The maximum Gasteiger partial charge on any atom is 0.207 e. The zero-order valence-electron chi connectivity index (χ0n) is 15.3. The summed E-state index contributed by atoms with van der Waals surface area (Å²) in [5, 5.41) is 20.1. The van der Waals surface area contributed by atoms with Gasteiger partial charge in [0.05, 0.1) is 9.79 Å². The first-order valence-electron chi connectivity index (χ1n) is 8.74. The minimum Gasteiger partial charge on any atom is -0.508 e. The Bertz CT molecular complexity index is 816. The first kappa shape index (κ1) is 19.3. The van der Waals surface area contributed by atoms with Crippen molar-refractivity contribution in [2.24, 2.45) is 0 Å². The van der Waals surface area contributed by atoms with Gasteiger partial charge < -0.3 is 10.2 Å². The number of rotatable bonds is 6. The van der Waals surface area contributed by atoms with E-state index >= 15 is 0 Å². The Morgan fingerprint density at radius 3 is 1.24 bits per heavy atom. The topological polar surface area (TPSA) is 74.6 Å². The zero-order chi connectivity index (χ0) is 18.8. The van der Waals surface area contributed by atoms with E-state index in [1.807, 2.05) is 27.7 Å². The van der Waals surface area contributed by atoms with Crippen LogP contribution in [0.2, 0.25) is 0 Å². The minimum atomic E-state index is -3.75. The molecule has 136 valence electrons. The lowest BCUT2D eigenvalue weighted by atomic mass is 10.1. The quantitative estimate of drug-likeness (QED) is 0.808. The highest BCUT2D eigenvalue weighted by molar-refractivity contribution is 7.91. The van der Waals surface area contributed by atoms with Crippen molar-refractivity contribution in [2.75, 3.05) is 0 Å². The SMILES string of the molecule is CCc1cc(S(=O)(=O)c2cc(CC)c(O)cc2CC)c(CC)cc1O. The number of phenolic OH excluding ortho intramolecular Hbond substituents is 2. The average molecular weight is 362 g/mol. The van der Waals surface area contributed by atoms with E-state index in [-0.39, 0.29) is 21.3 Å². The first-order valence-corrected chi connectivity index (χ1v) is 10.2. The molecule has 2 rings (SSSR count). The first-order chi connectivity index (χ1) is 11.8. The average Bonchev–Trinajstić information content (AvgIpc) is 2.60. The largest absolute Gasteiger partial charge is 0.508 e. The molecule has 0 heterocycles. The molecule has 0 aliphatic carbocycles. The van der Waals surface area contributed by atoms with Crippen LogP contribution in [0.15, 0.2) is 34.1 Å². The Morgan fingerprint density at radius 2 is 0.960 bits per heavy atom. The summed E-state index contributed by atoms with van der Waals surface area (Å²) < 4.78 is 26.8. The normalized spacial score (nSPS) is 11.7. The van der Waals surface area contributed by atoms with Crippen molar-refractivity contribution >= 4 is 9.84 Å². The molecule has 0 aliphatic heterocycles. The number of aromatic hydroxyl groups is 2. The van der Waals surface area contributed by atoms with Gasteiger partial charge in [-0.05, 0) is 72.2 Å². The van der Waals surface area contributed by atoms with E-state index in [4.69, 9.17) is 0 Å². The molecule has 0 amide bonds. The van der Waals surface area contributed by atoms with Crippen LogP contribution in [-0.2, 0) is 35.5 Å². The van der Waals surface area contributed by atoms with Gasteiger partial charge in [0.25, 0.3) is 0 Å². The summed E-state index contributed by atoms with van der Waals surface area (Å²) in [5.74, 6) is 0.267. The van der Waals surface area contributed by atoms with Gasteiger partial charge in [-0.15, -0.1) is 0 Å². The standard InChI is InChI=1S/C20H26O4S/c1-5-13-11-19(15(7-3)9-17(13)21)25(23,24)20-12-14(6-2)18(22)10-16(20)8-4/h9-12,21-22H,5-8H2,1-4H3. The van der Waals surface area contributed by atoms with Crippen molar-refractivity contribution in [1.82, 2.24) is 0 Å². The molecule has 0 fully saturated rings. The molecule has 0 spiro atoms. The number of sulfone groups is 1. The molecule has 2 aromatic carbocycles. The summed E-state index contributed by atoms with van der Waals surface area (Å²) in [6.45, 7) is 7.50. The third-order valence-electron chi connectivity index (χ3n) is 4.63. The van der Waals surface area contributed by atoms with Crippen molar-refractivity contribution in [1.29, 1.82) is 0 Å². The monoisotopic (exact) mass is 362 g/mol. The third kappa shape index (κ3) is 3.52. The van der Waals surface area contributed by atoms with E-state index in [0.29, 0.717) is 47.9 Å².